The second kappa shape index (κ2) is 5.94. The maximum absolute atomic E-state index is 10.9. The average Bonchev–Trinajstić information content (AvgIpc) is 2.19. The summed E-state index contributed by atoms with van der Waals surface area (Å²) in [7, 11) is 0. The first kappa shape index (κ1) is 13.1. The lowest BCUT2D eigenvalue weighted by atomic mass is 10.1. The lowest BCUT2D eigenvalue weighted by Crippen LogP contribution is -1.99. The normalized spacial score (nSPS) is 10.8. The lowest BCUT2D eigenvalue weighted by molar-refractivity contribution is 0.0696. The van der Waals surface area contributed by atoms with Gasteiger partial charge in [0, 0.05) is 4.90 Å². The van der Waals surface area contributed by atoms with Crippen molar-refractivity contribution in [1.82, 2.24) is 0 Å². The number of carbonyl (C=O) groups is 1. The molecule has 0 aliphatic rings. The second-order valence-corrected chi connectivity index (χ2v) is 5.48. The van der Waals surface area contributed by atoms with Gasteiger partial charge in [0.2, 0.25) is 0 Å². The highest BCUT2D eigenvalue weighted by molar-refractivity contribution is 7.99. The molecule has 16 heavy (non-hydrogen) atoms. The molecule has 1 aromatic carbocycles. The number of rotatable bonds is 5. The molecule has 1 N–H and O–H groups in total. The number of hydrogen-bond acceptors (Lipinski definition) is 2. The van der Waals surface area contributed by atoms with Gasteiger partial charge in [0.1, 0.15) is 0 Å². The van der Waals surface area contributed by atoms with E-state index >= 15 is 0 Å². The standard InChI is InChI=1S/C13H18O2S/c1-9(2)6-7-16-11-5-4-10(3)12(8-11)13(14)15/h4-5,8-9H,6-7H2,1-3H3,(H,14,15). The van der Waals surface area contributed by atoms with E-state index in [1.807, 2.05) is 19.1 Å². The van der Waals surface area contributed by atoms with Gasteiger partial charge in [-0.3, -0.25) is 0 Å². The Morgan fingerprint density at radius 2 is 2.12 bits per heavy atom. The first-order valence-electron chi connectivity index (χ1n) is 5.47. The van der Waals surface area contributed by atoms with E-state index < -0.39 is 5.97 Å². The number of carboxylic acid groups (broad SMARTS) is 1. The molecule has 0 saturated carbocycles. The molecule has 0 atom stereocenters. The van der Waals surface area contributed by atoms with Crippen molar-refractivity contribution < 1.29 is 9.90 Å². The number of aromatic carboxylic acids is 1. The van der Waals surface area contributed by atoms with Crippen LogP contribution in [-0.2, 0) is 0 Å². The highest BCUT2D eigenvalue weighted by Gasteiger charge is 2.07. The summed E-state index contributed by atoms with van der Waals surface area (Å²) in [6.45, 7) is 6.21. The third kappa shape index (κ3) is 3.89. The van der Waals surface area contributed by atoms with Crippen molar-refractivity contribution in [2.75, 3.05) is 5.75 Å². The highest BCUT2D eigenvalue weighted by atomic mass is 32.2. The van der Waals surface area contributed by atoms with Gasteiger partial charge in [-0.15, -0.1) is 11.8 Å². The molecule has 1 aromatic rings. The van der Waals surface area contributed by atoms with E-state index in [0.29, 0.717) is 11.5 Å². The van der Waals surface area contributed by atoms with Crippen molar-refractivity contribution in [3.05, 3.63) is 29.3 Å². The molecule has 0 bridgehead atoms. The Kier molecular flexibility index (Phi) is 4.87. The molecule has 0 spiro atoms. The van der Waals surface area contributed by atoms with E-state index in [9.17, 15) is 4.79 Å². The minimum absolute atomic E-state index is 0.412. The van der Waals surface area contributed by atoms with Crippen LogP contribution in [0.1, 0.15) is 36.2 Å². The summed E-state index contributed by atoms with van der Waals surface area (Å²) in [6, 6.07) is 5.64. The molecule has 0 fully saturated rings. The van der Waals surface area contributed by atoms with Crippen LogP contribution in [0.15, 0.2) is 23.1 Å². The van der Waals surface area contributed by atoms with Crippen LogP contribution in [0.4, 0.5) is 0 Å². The molecule has 3 heteroatoms. The summed E-state index contributed by atoms with van der Waals surface area (Å²) in [6.07, 6.45) is 1.15. The zero-order chi connectivity index (χ0) is 12.1. The Hall–Kier alpha value is -0.960. The first-order chi connectivity index (χ1) is 7.50. The maximum Gasteiger partial charge on any atom is 0.335 e. The van der Waals surface area contributed by atoms with E-state index in [4.69, 9.17) is 5.11 Å². The van der Waals surface area contributed by atoms with Crippen molar-refractivity contribution in [2.24, 2.45) is 5.92 Å². The van der Waals surface area contributed by atoms with E-state index in [1.165, 1.54) is 0 Å². The SMILES string of the molecule is Cc1ccc(SCCC(C)C)cc1C(=O)O. The smallest absolute Gasteiger partial charge is 0.335 e. The maximum atomic E-state index is 10.9. The quantitative estimate of drug-likeness (QED) is 0.792. The van der Waals surface area contributed by atoms with E-state index in [2.05, 4.69) is 13.8 Å². The van der Waals surface area contributed by atoms with Gasteiger partial charge >= 0.3 is 5.97 Å². The van der Waals surface area contributed by atoms with Crippen LogP contribution in [0.3, 0.4) is 0 Å². The summed E-state index contributed by atoms with van der Waals surface area (Å²) in [5.41, 5.74) is 1.23. The first-order valence-corrected chi connectivity index (χ1v) is 6.46. The van der Waals surface area contributed by atoms with E-state index in [0.717, 1.165) is 22.6 Å². The van der Waals surface area contributed by atoms with E-state index in [-0.39, 0.29) is 0 Å². The van der Waals surface area contributed by atoms with Crippen LogP contribution in [-0.4, -0.2) is 16.8 Å². The molecule has 0 radical (unpaired) electrons. The third-order valence-electron chi connectivity index (χ3n) is 2.40. The third-order valence-corrected chi connectivity index (χ3v) is 3.43. The number of benzene rings is 1. The molecule has 0 aromatic heterocycles. The van der Waals surface area contributed by atoms with Gasteiger partial charge in [-0.1, -0.05) is 19.9 Å². The average molecular weight is 238 g/mol. The minimum atomic E-state index is -0.844. The predicted molar refractivity (Wildman–Crippen MR) is 68.3 cm³/mol. The number of carboxylic acids is 1. The van der Waals surface area contributed by atoms with Crippen molar-refractivity contribution in [3.63, 3.8) is 0 Å². The molecule has 0 aliphatic carbocycles. The van der Waals surface area contributed by atoms with Gasteiger partial charge in [-0.2, -0.15) is 0 Å². The molecule has 1 rings (SSSR count). The summed E-state index contributed by atoms with van der Waals surface area (Å²) in [5.74, 6) is 0.889. The molecule has 88 valence electrons. The summed E-state index contributed by atoms with van der Waals surface area (Å²) in [5, 5.41) is 8.99. The van der Waals surface area contributed by atoms with Gasteiger partial charge in [0.05, 0.1) is 5.56 Å². The molecular weight excluding hydrogens is 220 g/mol. The largest absolute Gasteiger partial charge is 0.478 e. The van der Waals surface area contributed by atoms with Crippen molar-refractivity contribution in [2.45, 2.75) is 32.1 Å². The molecule has 0 unspecified atom stereocenters. The fourth-order valence-corrected chi connectivity index (χ4v) is 2.52. The summed E-state index contributed by atoms with van der Waals surface area (Å²) < 4.78 is 0. The van der Waals surface area contributed by atoms with Crippen LogP contribution < -0.4 is 0 Å². The monoisotopic (exact) mass is 238 g/mol. The Bertz CT molecular complexity index is 372. The van der Waals surface area contributed by atoms with Crippen molar-refractivity contribution in [3.8, 4) is 0 Å². The zero-order valence-electron chi connectivity index (χ0n) is 9.99. The molecule has 2 nitrogen and oxygen atoms in total. The Balaban J connectivity index is 2.68. The van der Waals surface area contributed by atoms with Gasteiger partial charge in [0.25, 0.3) is 0 Å². The van der Waals surface area contributed by atoms with Gasteiger partial charge in [-0.05, 0) is 42.7 Å². The van der Waals surface area contributed by atoms with Crippen molar-refractivity contribution in [1.29, 1.82) is 0 Å². The van der Waals surface area contributed by atoms with Crippen LogP contribution in [0.25, 0.3) is 0 Å². The molecule has 0 aliphatic heterocycles. The van der Waals surface area contributed by atoms with Gasteiger partial charge in [0.15, 0.2) is 0 Å². The van der Waals surface area contributed by atoms with Crippen molar-refractivity contribution >= 4 is 17.7 Å². The summed E-state index contributed by atoms with van der Waals surface area (Å²) in [4.78, 5) is 12.0. The fraction of sp³-hybridized carbons (Fsp3) is 0.462. The van der Waals surface area contributed by atoms with E-state index in [1.54, 1.807) is 17.8 Å². The van der Waals surface area contributed by atoms with Crippen LogP contribution in [0.5, 0.6) is 0 Å². The number of aryl methyl sites for hydroxylation is 1. The number of hydrogen-bond donors (Lipinski definition) is 1. The topological polar surface area (TPSA) is 37.3 Å². The van der Waals surface area contributed by atoms with Crippen LogP contribution in [0.2, 0.25) is 0 Å². The lowest BCUT2D eigenvalue weighted by Gasteiger charge is -2.06. The Morgan fingerprint density at radius 3 is 2.69 bits per heavy atom. The predicted octanol–water partition coefficient (Wildman–Crippen LogP) is 3.83. The second-order valence-electron chi connectivity index (χ2n) is 4.31. The number of thioether (sulfide) groups is 1. The Morgan fingerprint density at radius 1 is 1.44 bits per heavy atom. The zero-order valence-corrected chi connectivity index (χ0v) is 10.8. The molecule has 0 saturated heterocycles. The Labute approximate surface area is 101 Å². The minimum Gasteiger partial charge on any atom is -0.478 e. The summed E-state index contributed by atoms with van der Waals surface area (Å²) >= 11 is 1.73. The van der Waals surface area contributed by atoms with Gasteiger partial charge in [-0.25, -0.2) is 4.79 Å². The van der Waals surface area contributed by atoms with Crippen LogP contribution in [0, 0.1) is 12.8 Å². The van der Waals surface area contributed by atoms with Crippen LogP contribution >= 0.6 is 11.8 Å². The van der Waals surface area contributed by atoms with Gasteiger partial charge < -0.3 is 5.11 Å². The molecule has 0 amide bonds. The molecule has 0 heterocycles. The molecular formula is C13H18O2S. The highest BCUT2D eigenvalue weighted by Crippen LogP contribution is 2.23. The fourth-order valence-electron chi connectivity index (χ4n) is 1.33.